The van der Waals surface area contributed by atoms with Gasteiger partial charge in [0.2, 0.25) is 0 Å². The normalized spacial score (nSPS) is 10.7. The Morgan fingerprint density at radius 2 is 1.82 bits per heavy atom. The van der Waals surface area contributed by atoms with Gasteiger partial charge in [0.05, 0.1) is 11.8 Å². The molecule has 1 unspecified atom stereocenters. The first-order valence-corrected chi connectivity index (χ1v) is 4.54. The molecule has 0 aliphatic rings. The second-order valence-electron chi connectivity index (χ2n) is 3.04. The Hall–Kier alpha value is -2.35. The van der Waals surface area contributed by atoms with E-state index in [2.05, 4.69) is 4.99 Å². The molecule has 0 bridgehead atoms. The first-order valence-electron chi connectivity index (χ1n) is 4.54. The van der Waals surface area contributed by atoms with E-state index in [0.717, 1.165) is 5.56 Å². The van der Waals surface area contributed by atoms with Gasteiger partial charge in [0.1, 0.15) is 0 Å². The summed E-state index contributed by atoms with van der Waals surface area (Å²) in [5.74, 6) is 0.0322. The molecule has 8 heteroatoms. The van der Waals surface area contributed by atoms with E-state index in [-0.39, 0.29) is 5.96 Å². The summed E-state index contributed by atoms with van der Waals surface area (Å²) in [6.45, 7) is 1.70. The van der Waals surface area contributed by atoms with E-state index in [0.29, 0.717) is 5.69 Å². The summed E-state index contributed by atoms with van der Waals surface area (Å²) >= 11 is 0. The lowest BCUT2D eigenvalue weighted by atomic mass is 10.1. The molecule has 0 aliphatic heterocycles. The van der Waals surface area contributed by atoms with Gasteiger partial charge >= 0.3 is 0 Å². The van der Waals surface area contributed by atoms with Crippen molar-refractivity contribution in [2.45, 2.75) is 13.0 Å². The van der Waals surface area contributed by atoms with E-state index in [1.165, 1.54) is 0 Å². The molecule has 0 heterocycles. The van der Waals surface area contributed by atoms with E-state index in [1.54, 1.807) is 31.2 Å². The van der Waals surface area contributed by atoms with Gasteiger partial charge in [-0.2, -0.15) is 0 Å². The third-order valence-electron chi connectivity index (χ3n) is 1.63. The number of hydrogen-bond acceptors (Lipinski definition) is 4. The summed E-state index contributed by atoms with van der Waals surface area (Å²) in [5.41, 5.74) is 11.9. The lowest BCUT2D eigenvalue weighted by Gasteiger charge is -2.03. The molecule has 0 aromatic heterocycles. The molecule has 0 aliphatic carbocycles. The van der Waals surface area contributed by atoms with Crippen molar-refractivity contribution in [2.24, 2.45) is 16.5 Å². The van der Waals surface area contributed by atoms with Crippen molar-refractivity contribution in [3.05, 3.63) is 39.9 Å². The average molecular weight is 242 g/mol. The Kier molecular flexibility index (Phi) is 6.04. The lowest BCUT2D eigenvalue weighted by molar-refractivity contribution is -0.742. The Morgan fingerprint density at radius 3 is 2.12 bits per heavy atom. The standard InChI is InChI=1S/C9H13N3O.HNO3/c1-6(13)7-2-4-8(5-3-7)12-9(10)11;2-1(3)4/h2-6,13H,1H3,(H4,10,11,12);(H,2,3,4). The van der Waals surface area contributed by atoms with E-state index in [1.807, 2.05) is 0 Å². The number of rotatable bonds is 2. The van der Waals surface area contributed by atoms with Gasteiger partial charge in [-0.25, -0.2) is 4.99 Å². The summed E-state index contributed by atoms with van der Waals surface area (Å²) in [7, 11) is 0. The van der Waals surface area contributed by atoms with Crippen LogP contribution < -0.4 is 11.5 Å². The molecule has 0 radical (unpaired) electrons. The maximum Gasteiger partial charge on any atom is 0.291 e. The van der Waals surface area contributed by atoms with Gasteiger partial charge in [-0.3, -0.25) is 0 Å². The summed E-state index contributed by atoms with van der Waals surface area (Å²) in [5, 5.41) is 22.9. The number of aliphatic hydroxyl groups is 1. The van der Waals surface area contributed by atoms with Gasteiger partial charge < -0.3 is 21.8 Å². The summed E-state index contributed by atoms with van der Waals surface area (Å²) in [6, 6.07) is 7.07. The molecule has 0 spiro atoms. The average Bonchev–Trinajstić information content (AvgIpc) is 2.16. The largest absolute Gasteiger partial charge is 0.389 e. The van der Waals surface area contributed by atoms with Crippen molar-refractivity contribution in [3.63, 3.8) is 0 Å². The van der Waals surface area contributed by atoms with Gasteiger partial charge in [-0.1, -0.05) is 12.1 Å². The van der Waals surface area contributed by atoms with Gasteiger partial charge in [0, 0.05) is 0 Å². The van der Waals surface area contributed by atoms with Gasteiger partial charge in [-0.15, -0.1) is 10.1 Å². The lowest BCUT2D eigenvalue weighted by Crippen LogP contribution is -2.21. The third kappa shape index (κ3) is 7.56. The number of aliphatic imine (C=N–C) groups is 1. The highest BCUT2D eigenvalue weighted by Crippen LogP contribution is 2.17. The topological polar surface area (TPSA) is 148 Å². The Morgan fingerprint density at radius 1 is 1.41 bits per heavy atom. The van der Waals surface area contributed by atoms with Crippen LogP contribution in [0.15, 0.2) is 29.3 Å². The van der Waals surface area contributed by atoms with Gasteiger partial charge in [0.15, 0.2) is 5.96 Å². The van der Waals surface area contributed by atoms with Crippen LogP contribution in [0.2, 0.25) is 0 Å². The minimum Gasteiger partial charge on any atom is -0.389 e. The highest BCUT2D eigenvalue weighted by atomic mass is 16.9. The first-order chi connectivity index (χ1) is 7.82. The maximum atomic E-state index is 9.21. The molecule has 94 valence electrons. The maximum absolute atomic E-state index is 9.21. The molecule has 1 aromatic rings. The van der Waals surface area contributed by atoms with E-state index in [9.17, 15) is 5.11 Å². The fourth-order valence-electron chi connectivity index (χ4n) is 0.976. The number of benzene rings is 1. The van der Waals surface area contributed by atoms with Crippen LogP contribution in [0.5, 0.6) is 0 Å². The van der Waals surface area contributed by atoms with Crippen molar-refractivity contribution in [2.75, 3.05) is 0 Å². The second-order valence-corrected chi connectivity index (χ2v) is 3.04. The predicted molar refractivity (Wildman–Crippen MR) is 61.3 cm³/mol. The SMILES string of the molecule is CC(O)c1ccc(N=C(N)N)cc1.O=[N+]([O-])O. The highest BCUT2D eigenvalue weighted by Gasteiger charge is 1.98. The zero-order chi connectivity index (χ0) is 13.4. The third-order valence-corrected chi connectivity index (χ3v) is 1.63. The van der Waals surface area contributed by atoms with E-state index >= 15 is 0 Å². The molecule has 0 saturated heterocycles. The van der Waals surface area contributed by atoms with Crippen LogP contribution in [0.3, 0.4) is 0 Å². The van der Waals surface area contributed by atoms with Crippen molar-refractivity contribution < 1.29 is 15.4 Å². The fourth-order valence-corrected chi connectivity index (χ4v) is 0.976. The van der Waals surface area contributed by atoms with Crippen molar-refractivity contribution >= 4 is 11.6 Å². The number of nitrogens with two attached hydrogens (primary N) is 2. The van der Waals surface area contributed by atoms with Gasteiger partial charge in [-0.05, 0) is 24.6 Å². The van der Waals surface area contributed by atoms with E-state index < -0.39 is 11.2 Å². The number of guanidine groups is 1. The zero-order valence-electron chi connectivity index (χ0n) is 9.15. The number of aliphatic hydroxyl groups excluding tert-OH is 1. The fraction of sp³-hybridized carbons (Fsp3) is 0.222. The number of nitrogens with zero attached hydrogens (tertiary/aromatic N) is 2. The summed E-state index contributed by atoms with van der Waals surface area (Å²) in [6.07, 6.45) is -0.465. The van der Waals surface area contributed by atoms with Crippen LogP contribution in [-0.4, -0.2) is 21.4 Å². The Balaban J connectivity index is 0.000000557. The molecule has 6 N–H and O–H groups in total. The van der Waals surface area contributed by atoms with Gasteiger partial charge in [0.25, 0.3) is 5.09 Å². The molecule has 0 amide bonds. The van der Waals surface area contributed by atoms with Crippen molar-refractivity contribution in [3.8, 4) is 0 Å². The predicted octanol–water partition coefficient (Wildman–Crippen LogP) is 0.297. The van der Waals surface area contributed by atoms with Crippen LogP contribution in [-0.2, 0) is 0 Å². The first kappa shape index (κ1) is 14.6. The minimum atomic E-state index is -1.50. The smallest absolute Gasteiger partial charge is 0.291 e. The van der Waals surface area contributed by atoms with Crippen LogP contribution in [0.1, 0.15) is 18.6 Å². The molecule has 0 fully saturated rings. The molecule has 8 nitrogen and oxygen atoms in total. The zero-order valence-corrected chi connectivity index (χ0v) is 9.15. The van der Waals surface area contributed by atoms with Crippen LogP contribution in [0.4, 0.5) is 5.69 Å². The van der Waals surface area contributed by atoms with Crippen LogP contribution in [0, 0.1) is 10.1 Å². The molecular weight excluding hydrogens is 228 g/mol. The monoisotopic (exact) mass is 242 g/mol. The Labute approximate surface area is 97.3 Å². The molecule has 1 atom stereocenters. The van der Waals surface area contributed by atoms with E-state index in [4.69, 9.17) is 26.8 Å². The quantitative estimate of drug-likeness (QED) is 0.253. The molecule has 0 saturated carbocycles. The molecular formula is C9H14N4O4. The Bertz CT molecular complexity index is 380. The highest BCUT2D eigenvalue weighted by molar-refractivity contribution is 5.78. The number of hydrogen-bond donors (Lipinski definition) is 4. The summed E-state index contributed by atoms with van der Waals surface area (Å²) in [4.78, 5) is 12.2. The molecule has 17 heavy (non-hydrogen) atoms. The van der Waals surface area contributed by atoms with Crippen LogP contribution in [0.25, 0.3) is 0 Å². The van der Waals surface area contributed by atoms with Crippen molar-refractivity contribution in [1.29, 1.82) is 0 Å². The second kappa shape index (κ2) is 7.01. The molecule has 1 rings (SSSR count). The van der Waals surface area contributed by atoms with Crippen LogP contribution >= 0.6 is 0 Å². The minimum absolute atomic E-state index is 0.0322. The molecule has 1 aromatic carbocycles. The summed E-state index contributed by atoms with van der Waals surface area (Å²) < 4.78 is 0. The van der Waals surface area contributed by atoms with Crippen molar-refractivity contribution in [1.82, 2.24) is 0 Å².